The second kappa shape index (κ2) is 9.68. The van der Waals surface area contributed by atoms with Crippen LogP contribution in [0.3, 0.4) is 0 Å². The zero-order valence-corrected chi connectivity index (χ0v) is 20.1. The molecule has 2 aromatic carbocycles. The summed E-state index contributed by atoms with van der Waals surface area (Å²) in [5.41, 5.74) is 2.58. The molecule has 1 unspecified atom stereocenters. The van der Waals surface area contributed by atoms with E-state index in [1.54, 1.807) is 49.5 Å². The predicted molar refractivity (Wildman–Crippen MR) is 133 cm³/mol. The van der Waals surface area contributed by atoms with Crippen molar-refractivity contribution >= 4 is 23.2 Å². The Morgan fingerprint density at radius 3 is 2.67 bits per heavy atom. The molecule has 0 saturated heterocycles. The van der Waals surface area contributed by atoms with E-state index in [4.69, 9.17) is 16.3 Å². The van der Waals surface area contributed by atoms with Crippen molar-refractivity contribution in [3.8, 4) is 11.6 Å². The van der Waals surface area contributed by atoms with Gasteiger partial charge in [0.1, 0.15) is 17.1 Å². The lowest BCUT2D eigenvalue weighted by atomic mass is 9.97. The fourth-order valence-electron chi connectivity index (χ4n) is 4.45. The number of rotatable bonds is 6. The summed E-state index contributed by atoms with van der Waals surface area (Å²) in [6.45, 7) is 2.21. The van der Waals surface area contributed by atoms with E-state index in [1.165, 1.54) is 22.9 Å². The number of nitrogens with zero attached hydrogens (tertiary/aromatic N) is 2. The van der Waals surface area contributed by atoms with Crippen molar-refractivity contribution in [3.63, 3.8) is 0 Å². The van der Waals surface area contributed by atoms with Crippen molar-refractivity contribution in [2.45, 2.75) is 25.9 Å². The zero-order chi connectivity index (χ0) is 25.4. The highest BCUT2D eigenvalue weighted by molar-refractivity contribution is 6.34. The summed E-state index contributed by atoms with van der Waals surface area (Å²) in [4.78, 5) is 30.3. The second-order valence-corrected chi connectivity index (χ2v) is 8.97. The Bertz CT molecular complexity index is 1460. The van der Waals surface area contributed by atoms with Crippen LogP contribution >= 0.6 is 11.6 Å². The Balaban J connectivity index is 1.54. The van der Waals surface area contributed by atoms with Gasteiger partial charge in [0.05, 0.1) is 17.9 Å². The molecule has 1 aliphatic rings. The molecular formula is C28H22ClFN2O4. The van der Waals surface area contributed by atoms with Gasteiger partial charge in [-0.05, 0) is 55.2 Å². The second-order valence-electron chi connectivity index (χ2n) is 8.61. The third-order valence-electron chi connectivity index (χ3n) is 6.31. The maximum absolute atomic E-state index is 15.4. The molecule has 3 heterocycles. The van der Waals surface area contributed by atoms with Crippen LogP contribution in [0.5, 0.6) is 5.88 Å². The quantitative estimate of drug-likeness (QED) is 0.279. The molecule has 0 fully saturated rings. The van der Waals surface area contributed by atoms with E-state index in [1.807, 2.05) is 0 Å². The maximum Gasteiger partial charge on any atom is 0.202 e. The molecule has 0 aliphatic carbocycles. The summed E-state index contributed by atoms with van der Waals surface area (Å²) in [6, 6.07) is 14.1. The fraction of sp³-hybridized carbons (Fsp3) is 0.179. The van der Waals surface area contributed by atoms with Crippen LogP contribution in [0.15, 0.2) is 67.0 Å². The molecule has 36 heavy (non-hydrogen) atoms. The molecule has 0 bridgehead atoms. The Hall–Kier alpha value is -3.81. The van der Waals surface area contributed by atoms with Gasteiger partial charge in [0.15, 0.2) is 11.6 Å². The number of aromatic nitrogens is 2. The Morgan fingerprint density at radius 2 is 1.94 bits per heavy atom. The molecule has 0 saturated carbocycles. The maximum atomic E-state index is 15.4. The van der Waals surface area contributed by atoms with Gasteiger partial charge < -0.3 is 9.84 Å². The van der Waals surface area contributed by atoms with Gasteiger partial charge in [-0.25, -0.2) is 9.37 Å². The number of carbonyl (C=O) groups is 2. The van der Waals surface area contributed by atoms with Gasteiger partial charge in [0.2, 0.25) is 5.88 Å². The number of aliphatic hydroxyl groups excluding tert-OH is 1. The summed E-state index contributed by atoms with van der Waals surface area (Å²) in [7, 11) is 0. The van der Waals surface area contributed by atoms with Gasteiger partial charge in [-0.15, -0.1) is 0 Å². The number of ether oxygens (including phenoxy) is 1. The lowest BCUT2D eigenvalue weighted by Crippen LogP contribution is -2.14. The van der Waals surface area contributed by atoms with E-state index in [9.17, 15) is 14.7 Å². The first-order valence-electron chi connectivity index (χ1n) is 11.5. The highest BCUT2D eigenvalue weighted by Crippen LogP contribution is 2.36. The lowest BCUT2D eigenvalue weighted by Gasteiger charge is -2.18. The standard InChI is InChI=1S/C28H22ClFN2O4/c1-16-11-12-31-27(29)23(16)26(35)20-15-32(28-19(20)8-5-13-36-28)22-10-9-18(14-21(22)30)25(34)24(33)17-6-3-2-4-7-17/h2-4,6-7,9-12,14-15,24,33H,5,8,13H2,1H3. The summed E-state index contributed by atoms with van der Waals surface area (Å²) in [6.07, 6.45) is 2.97. The average molecular weight is 505 g/mol. The minimum atomic E-state index is -1.41. The lowest BCUT2D eigenvalue weighted by molar-refractivity contribution is 0.0747. The van der Waals surface area contributed by atoms with E-state index in [0.29, 0.717) is 53.1 Å². The number of halogens is 2. The number of fused-ring (bicyclic) bond motifs is 1. The molecule has 1 aliphatic heterocycles. The molecule has 5 rings (SSSR count). The number of hydrogen-bond acceptors (Lipinski definition) is 5. The first-order valence-corrected chi connectivity index (χ1v) is 11.8. The monoisotopic (exact) mass is 504 g/mol. The zero-order valence-electron chi connectivity index (χ0n) is 19.4. The van der Waals surface area contributed by atoms with Crippen molar-refractivity contribution in [1.82, 2.24) is 9.55 Å². The minimum Gasteiger partial charge on any atom is -0.478 e. The number of ketones is 2. The molecule has 4 aromatic rings. The summed E-state index contributed by atoms with van der Waals surface area (Å²) >= 11 is 6.24. The third kappa shape index (κ3) is 4.21. The molecule has 1 N–H and O–H groups in total. The number of benzene rings is 2. The van der Waals surface area contributed by atoms with E-state index >= 15 is 4.39 Å². The van der Waals surface area contributed by atoms with Crippen LogP contribution in [0.4, 0.5) is 4.39 Å². The molecule has 6 nitrogen and oxygen atoms in total. The van der Waals surface area contributed by atoms with E-state index in [2.05, 4.69) is 4.98 Å². The fourth-order valence-corrected chi connectivity index (χ4v) is 4.74. The highest BCUT2D eigenvalue weighted by atomic mass is 35.5. The predicted octanol–water partition coefficient (Wildman–Crippen LogP) is 5.45. The molecule has 0 amide bonds. The van der Waals surface area contributed by atoms with Crippen molar-refractivity contribution in [2.75, 3.05) is 6.61 Å². The Morgan fingerprint density at radius 1 is 1.17 bits per heavy atom. The third-order valence-corrected chi connectivity index (χ3v) is 6.60. The SMILES string of the molecule is Cc1ccnc(Cl)c1C(=O)c1cn(-c2ccc(C(=O)C(O)c3ccccc3)cc2F)c2c1CCCO2. The number of pyridine rings is 1. The number of Topliss-reactive ketones (excluding diaryl/α,β-unsaturated/α-hetero) is 1. The summed E-state index contributed by atoms with van der Waals surface area (Å²) < 4.78 is 22.7. The van der Waals surface area contributed by atoms with Crippen LogP contribution in [0.2, 0.25) is 5.15 Å². The number of hydrogen-bond donors (Lipinski definition) is 1. The van der Waals surface area contributed by atoms with Gasteiger partial charge >= 0.3 is 0 Å². The van der Waals surface area contributed by atoms with Crippen LogP contribution in [0, 0.1) is 12.7 Å². The number of aryl methyl sites for hydroxylation is 1. The van der Waals surface area contributed by atoms with Crippen molar-refractivity contribution in [1.29, 1.82) is 0 Å². The molecule has 8 heteroatoms. The number of aliphatic hydroxyl groups is 1. The molecular weight excluding hydrogens is 483 g/mol. The van der Waals surface area contributed by atoms with Crippen LogP contribution < -0.4 is 4.74 Å². The van der Waals surface area contributed by atoms with Crippen molar-refractivity contribution in [2.24, 2.45) is 0 Å². The normalized spacial score (nSPS) is 13.6. The van der Waals surface area contributed by atoms with E-state index in [-0.39, 0.29) is 22.2 Å². The van der Waals surface area contributed by atoms with E-state index < -0.39 is 17.7 Å². The smallest absolute Gasteiger partial charge is 0.202 e. The topological polar surface area (TPSA) is 81.4 Å². The van der Waals surface area contributed by atoms with Gasteiger partial charge in [0.25, 0.3) is 0 Å². The first-order chi connectivity index (χ1) is 17.4. The van der Waals surface area contributed by atoms with Crippen LogP contribution in [-0.4, -0.2) is 32.8 Å². The highest BCUT2D eigenvalue weighted by Gasteiger charge is 2.29. The molecule has 1 atom stereocenters. The van der Waals surface area contributed by atoms with Gasteiger partial charge in [0, 0.05) is 29.1 Å². The van der Waals surface area contributed by atoms with Crippen LogP contribution in [0.1, 0.15) is 55.5 Å². The Labute approximate surface area is 211 Å². The van der Waals surface area contributed by atoms with Crippen LogP contribution in [0.25, 0.3) is 5.69 Å². The van der Waals surface area contributed by atoms with Crippen LogP contribution in [-0.2, 0) is 6.42 Å². The summed E-state index contributed by atoms with van der Waals surface area (Å²) in [5, 5.41) is 10.5. The van der Waals surface area contributed by atoms with Crippen molar-refractivity contribution < 1.29 is 23.8 Å². The largest absolute Gasteiger partial charge is 0.478 e. The Kier molecular flexibility index (Phi) is 6.43. The first kappa shape index (κ1) is 23.9. The van der Waals surface area contributed by atoms with Crippen molar-refractivity contribution in [3.05, 3.63) is 111 Å². The molecule has 182 valence electrons. The molecule has 0 radical (unpaired) electrons. The van der Waals surface area contributed by atoms with Gasteiger partial charge in [-0.1, -0.05) is 41.9 Å². The minimum absolute atomic E-state index is 0.0311. The molecule has 0 spiro atoms. The number of carbonyl (C=O) groups excluding carboxylic acids is 2. The van der Waals surface area contributed by atoms with E-state index in [0.717, 1.165) is 6.07 Å². The average Bonchev–Trinajstić information content (AvgIpc) is 3.27. The molecule has 2 aromatic heterocycles. The summed E-state index contributed by atoms with van der Waals surface area (Å²) in [5.74, 6) is -1.24. The van der Waals surface area contributed by atoms with Gasteiger partial charge in [-0.3, -0.25) is 14.2 Å². The van der Waals surface area contributed by atoms with Gasteiger partial charge in [-0.2, -0.15) is 0 Å².